The SMILES string of the molecule is CCS(=O)(=O)N(C)CCC(=N)N. The molecule has 0 unspecified atom stereocenters. The van der Waals surface area contributed by atoms with Crippen molar-refractivity contribution in [1.82, 2.24) is 4.31 Å². The third-order valence-corrected chi connectivity index (χ3v) is 3.40. The van der Waals surface area contributed by atoms with Crippen LogP contribution in [-0.4, -0.2) is 37.9 Å². The number of nitrogens with one attached hydrogen (secondary N) is 1. The lowest BCUT2D eigenvalue weighted by atomic mass is 10.4. The van der Waals surface area contributed by atoms with Gasteiger partial charge in [0.25, 0.3) is 0 Å². The van der Waals surface area contributed by atoms with Crippen molar-refractivity contribution < 1.29 is 8.42 Å². The molecule has 0 aliphatic carbocycles. The lowest BCUT2D eigenvalue weighted by molar-refractivity contribution is 0.479. The Labute approximate surface area is 73.1 Å². The fourth-order valence-corrected chi connectivity index (χ4v) is 1.45. The third-order valence-electron chi connectivity index (χ3n) is 1.54. The Kier molecular flexibility index (Phi) is 4.19. The summed E-state index contributed by atoms with van der Waals surface area (Å²) in [4.78, 5) is 0. The highest BCUT2D eigenvalue weighted by Crippen LogP contribution is 1.97. The van der Waals surface area contributed by atoms with Crippen LogP contribution in [0, 0.1) is 5.41 Å². The van der Waals surface area contributed by atoms with Gasteiger partial charge in [-0.3, -0.25) is 5.41 Å². The van der Waals surface area contributed by atoms with Crippen molar-refractivity contribution in [3.05, 3.63) is 0 Å². The zero-order chi connectivity index (χ0) is 9.78. The molecule has 0 aromatic carbocycles. The summed E-state index contributed by atoms with van der Waals surface area (Å²) in [6.07, 6.45) is 0.287. The van der Waals surface area contributed by atoms with Gasteiger partial charge in [0.15, 0.2) is 0 Å². The highest BCUT2D eigenvalue weighted by molar-refractivity contribution is 7.89. The molecule has 5 nitrogen and oxygen atoms in total. The Bertz CT molecular complexity index is 248. The second-order valence-corrected chi connectivity index (χ2v) is 4.86. The number of nitrogens with zero attached hydrogens (tertiary/aromatic N) is 1. The van der Waals surface area contributed by atoms with Crippen LogP contribution < -0.4 is 5.73 Å². The van der Waals surface area contributed by atoms with Crippen LogP contribution in [0.2, 0.25) is 0 Å². The molecule has 0 fully saturated rings. The van der Waals surface area contributed by atoms with Gasteiger partial charge in [-0.1, -0.05) is 0 Å². The second-order valence-electron chi connectivity index (χ2n) is 2.50. The summed E-state index contributed by atoms with van der Waals surface area (Å²) < 4.78 is 23.5. The summed E-state index contributed by atoms with van der Waals surface area (Å²) in [6, 6.07) is 0. The maximum Gasteiger partial charge on any atom is 0.213 e. The van der Waals surface area contributed by atoms with Crippen molar-refractivity contribution in [2.24, 2.45) is 5.73 Å². The Morgan fingerprint density at radius 2 is 2.08 bits per heavy atom. The van der Waals surface area contributed by atoms with E-state index in [0.717, 1.165) is 0 Å². The minimum absolute atomic E-state index is 0.00755. The van der Waals surface area contributed by atoms with Gasteiger partial charge in [-0.15, -0.1) is 0 Å². The maximum absolute atomic E-state index is 11.1. The molecule has 0 rings (SSSR count). The van der Waals surface area contributed by atoms with Gasteiger partial charge in [-0.05, 0) is 6.92 Å². The number of rotatable bonds is 5. The number of nitrogens with two attached hydrogens (primary N) is 1. The lowest BCUT2D eigenvalue weighted by Crippen LogP contribution is -2.31. The van der Waals surface area contributed by atoms with Gasteiger partial charge in [-0.25, -0.2) is 12.7 Å². The molecule has 6 heteroatoms. The molecule has 72 valence electrons. The molecule has 0 aliphatic rings. The molecule has 0 aromatic heterocycles. The maximum atomic E-state index is 11.1. The largest absolute Gasteiger partial charge is 0.388 e. The molecule has 0 aliphatic heterocycles. The first-order chi connectivity index (χ1) is 5.40. The van der Waals surface area contributed by atoms with Crippen molar-refractivity contribution in [1.29, 1.82) is 5.41 Å². The first-order valence-electron chi connectivity index (χ1n) is 3.67. The smallest absolute Gasteiger partial charge is 0.213 e. The van der Waals surface area contributed by atoms with Crippen molar-refractivity contribution in [2.75, 3.05) is 19.3 Å². The fourth-order valence-electron chi connectivity index (χ4n) is 0.637. The number of hydrogen-bond acceptors (Lipinski definition) is 3. The van der Waals surface area contributed by atoms with E-state index in [1.54, 1.807) is 6.92 Å². The van der Waals surface area contributed by atoms with Crippen molar-refractivity contribution >= 4 is 15.9 Å². The van der Waals surface area contributed by atoms with E-state index in [1.807, 2.05) is 0 Å². The van der Waals surface area contributed by atoms with Crippen molar-refractivity contribution in [3.8, 4) is 0 Å². The monoisotopic (exact) mass is 193 g/mol. The number of hydrogen-bond donors (Lipinski definition) is 2. The average molecular weight is 193 g/mol. The topological polar surface area (TPSA) is 87.2 Å². The van der Waals surface area contributed by atoms with E-state index in [-0.39, 0.29) is 24.6 Å². The molecule has 3 N–H and O–H groups in total. The van der Waals surface area contributed by atoms with E-state index in [2.05, 4.69) is 0 Å². The summed E-state index contributed by atoms with van der Waals surface area (Å²) in [7, 11) is -1.62. The van der Waals surface area contributed by atoms with Crippen LogP contribution >= 0.6 is 0 Å². The Morgan fingerprint density at radius 1 is 1.58 bits per heavy atom. The molecular formula is C6H15N3O2S. The summed E-state index contributed by atoms with van der Waals surface area (Å²) in [5, 5.41) is 6.91. The van der Waals surface area contributed by atoms with E-state index < -0.39 is 10.0 Å². The molecule has 0 amide bonds. The van der Waals surface area contributed by atoms with E-state index in [4.69, 9.17) is 11.1 Å². The first-order valence-corrected chi connectivity index (χ1v) is 5.28. The molecule has 0 atom stereocenters. The zero-order valence-electron chi connectivity index (χ0n) is 7.37. The van der Waals surface area contributed by atoms with Crippen LogP contribution in [0.15, 0.2) is 0 Å². The summed E-state index contributed by atoms with van der Waals surface area (Å²) in [5.74, 6) is 0.0923. The van der Waals surface area contributed by atoms with Crippen LogP contribution in [0.1, 0.15) is 13.3 Å². The summed E-state index contributed by atoms with van der Waals surface area (Å²) in [5.41, 5.74) is 5.09. The molecule has 0 saturated heterocycles. The molecule has 0 aromatic rings. The van der Waals surface area contributed by atoms with Crippen molar-refractivity contribution in [3.63, 3.8) is 0 Å². The molecule has 0 spiro atoms. The van der Waals surface area contributed by atoms with Gasteiger partial charge in [0, 0.05) is 20.0 Å². The molecule has 0 heterocycles. The lowest BCUT2D eigenvalue weighted by Gasteiger charge is -2.14. The van der Waals surface area contributed by atoms with E-state index in [0.29, 0.717) is 0 Å². The average Bonchev–Trinajstić information content (AvgIpc) is 2.00. The Morgan fingerprint density at radius 3 is 2.42 bits per heavy atom. The first kappa shape index (κ1) is 11.4. The van der Waals surface area contributed by atoms with Crippen LogP contribution in [0.25, 0.3) is 0 Å². The predicted molar refractivity (Wildman–Crippen MR) is 48.6 cm³/mol. The van der Waals surface area contributed by atoms with Gasteiger partial charge < -0.3 is 5.73 Å². The molecular weight excluding hydrogens is 178 g/mol. The minimum Gasteiger partial charge on any atom is -0.388 e. The molecule has 12 heavy (non-hydrogen) atoms. The third kappa shape index (κ3) is 3.68. The Balaban J connectivity index is 4.05. The second kappa shape index (κ2) is 4.42. The quantitative estimate of drug-likeness (QED) is 0.460. The highest BCUT2D eigenvalue weighted by atomic mass is 32.2. The van der Waals surface area contributed by atoms with E-state index >= 15 is 0 Å². The molecule has 0 saturated carbocycles. The van der Waals surface area contributed by atoms with Crippen LogP contribution in [0.5, 0.6) is 0 Å². The summed E-state index contributed by atoms with van der Waals surface area (Å²) >= 11 is 0. The zero-order valence-corrected chi connectivity index (χ0v) is 8.19. The van der Waals surface area contributed by atoms with Gasteiger partial charge in [0.1, 0.15) is 0 Å². The van der Waals surface area contributed by atoms with Crippen LogP contribution in [-0.2, 0) is 10.0 Å². The predicted octanol–water partition coefficient (Wildman–Crippen LogP) is -0.406. The summed E-state index contributed by atoms with van der Waals surface area (Å²) in [6.45, 7) is 1.87. The van der Waals surface area contributed by atoms with Crippen LogP contribution in [0.4, 0.5) is 0 Å². The minimum atomic E-state index is -3.11. The molecule has 0 bridgehead atoms. The fraction of sp³-hybridized carbons (Fsp3) is 0.833. The standard InChI is InChI=1S/C6H15N3O2S/c1-3-12(10,11)9(2)5-4-6(7)8/h3-5H2,1-2H3,(H3,7,8). The number of sulfonamides is 1. The van der Waals surface area contributed by atoms with Gasteiger partial charge >= 0.3 is 0 Å². The van der Waals surface area contributed by atoms with Gasteiger partial charge in [0.2, 0.25) is 10.0 Å². The highest BCUT2D eigenvalue weighted by Gasteiger charge is 2.14. The van der Waals surface area contributed by atoms with E-state index in [9.17, 15) is 8.42 Å². The van der Waals surface area contributed by atoms with Gasteiger partial charge in [-0.2, -0.15) is 0 Å². The number of amidine groups is 1. The normalized spacial score (nSPS) is 11.9. The van der Waals surface area contributed by atoms with Gasteiger partial charge in [0.05, 0.1) is 11.6 Å². The Hall–Kier alpha value is -0.620. The van der Waals surface area contributed by atoms with E-state index in [1.165, 1.54) is 11.4 Å². The molecule has 0 radical (unpaired) electrons. The van der Waals surface area contributed by atoms with Crippen molar-refractivity contribution in [2.45, 2.75) is 13.3 Å². The van der Waals surface area contributed by atoms with Crippen LogP contribution in [0.3, 0.4) is 0 Å².